The zero-order chi connectivity index (χ0) is 12.4. The van der Waals surface area contributed by atoms with Crippen LogP contribution < -0.4 is 11.1 Å². The number of thioether (sulfide) groups is 1. The van der Waals surface area contributed by atoms with Crippen LogP contribution in [-0.2, 0) is 4.79 Å². The van der Waals surface area contributed by atoms with Crippen molar-refractivity contribution < 1.29 is 4.79 Å². The third-order valence-electron chi connectivity index (χ3n) is 2.37. The molecule has 0 bridgehead atoms. The van der Waals surface area contributed by atoms with Crippen molar-refractivity contribution in [3.8, 4) is 0 Å². The molecule has 1 amide bonds. The maximum absolute atomic E-state index is 11.1. The highest BCUT2D eigenvalue weighted by molar-refractivity contribution is 7.99. The van der Waals surface area contributed by atoms with Gasteiger partial charge in [0.2, 0.25) is 5.91 Å². The minimum Gasteiger partial charge on any atom is -0.368 e. The molecular weight excluding hydrogens is 220 g/mol. The molecule has 16 heavy (non-hydrogen) atoms. The second-order valence-electron chi connectivity index (χ2n) is 4.49. The van der Waals surface area contributed by atoms with Crippen molar-refractivity contribution in [3.05, 3.63) is 0 Å². The molecule has 1 unspecified atom stereocenters. The summed E-state index contributed by atoms with van der Waals surface area (Å²) in [5, 5.41) is 3.18. The quantitative estimate of drug-likeness (QED) is 0.580. The molecule has 0 fully saturated rings. The number of carbonyl (C=O) groups excluding carboxylic acids is 1. The summed E-state index contributed by atoms with van der Waals surface area (Å²) in [5.74, 6) is 2.73. The maximum atomic E-state index is 11.1. The van der Waals surface area contributed by atoms with E-state index in [0.717, 1.165) is 31.1 Å². The van der Waals surface area contributed by atoms with Crippen molar-refractivity contribution in [1.29, 1.82) is 0 Å². The van der Waals surface area contributed by atoms with Crippen LogP contribution in [0.1, 0.15) is 40.0 Å². The Morgan fingerprint density at radius 1 is 1.31 bits per heavy atom. The van der Waals surface area contributed by atoms with Crippen LogP contribution in [0.15, 0.2) is 0 Å². The summed E-state index contributed by atoms with van der Waals surface area (Å²) in [6.07, 6.45) is 3.12. The Hall–Kier alpha value is -0.220. The van der Waals surface area contributed by atoms with Crippen LogP contribution in [-0.4, -0.2) is 30.0 Å². The van der Waals surface area contributed by atoms with Crippen LogP contribution in [0.5, 0.6) is 0 Å². The van der Waals surface area contributed by atoms with Crippen molar-refractivity contribution >= 4 is 17.7 Å². The van der Waals surface area contributed by atoms with Gasteiger partial charge in [0.05, 0.1) is 6.04 Å². The van der Waals surface area contributed by atoms with E-state index in [1.807, 2.05) is 11.8 Å². The number of nitrogens with one attached hydrogen (secondary N) is 1. The van der Waals surface area contributed by atoms with Gasteiger partial charge in [-0.1, -0.05) is 20.8 Å². The molecule has 3 N–H and O–H groups in total. The summed E-state index contributed by atoms with van der Waals surface area (Å²) in [7, 11) is 0. The van der Waals surface area contributed by atoms with Gasteiger partial charge in [-0.15, -0.1) is 0 Å². The van der Waals surface area contributed by atoms with E-state index in [1.54, 1.807) is 0 Å². The van der Waals surface area contributed by atoms with E-state index in [0.29, 0.717) is 0 Å². The lowest BCUT2D eigenvalue weighted by molar-refractivity contribution is -0.120. The smallest absolute Gasteiger partial charge is 0.234 e. The molecule has 0 aromatic carbocycles. The number of amides is 1. The van der Waals surface area contributed by atoms with E-state index >= 15 is 0 Å². The summed E-state index contributed by atoms with van der Waals surface area (Å²) < 4.78 is 0. The number of nitrogens with two attached hydrogens (primary N) is 1. The molecular formula is C12H26N2OS. The zero-order valence-corrected chi connectivity index (χ0v) is 11.6. The lowest BCUT2D eigenvalue weighted by Gasteiger charge is -2.14. The Balaban J connectivity index is 3.56. The van der Waals surface area contributed by atoms with Gasteiger partial charge in [-0.05, 0) is 43.2 Å². The molecule has 1 atom stereocenters. The minimum absolute atomic E-state index is 0.147. The van der Waals surface area contributed by atoms with Crippen molar-refractivity contribution in [2.75, 3.05) is 18.1 Å². The summed E-state index contributed by atoms with van der Waals surface area (Å²) in [4.78, 5) is 11.1. The Labute approximate surface area is 104 Å². The van der Waals surface area contributed by atoms with Gasteiger partial charge in [0.1, 0.15) is 0 Å². The highest BCUT2D eigenvalue weighted by Crippen LogP contribution is 2.10. The predicted molar refractivity (Wildman–Crippen MR) is 72.7 cm³/mol. The molecule has 0 aliphatic rings. The maximum Gasteiger partial charge on any atom is 0.234 e. The predicted octanol–water partition coefficient (Wildman–Crippen LogP) is 2.01. The van der Waals surface area contributed by atoms with E-state index < -0.39 is 0 Å². The van der Waals surface area contributed by atoms with Gasteiger partial charge in [-0.2, -0.15) is 11.8 Å². The molecule has 4 heteroatoms. The highest BCUT2D eigenvalue weighted by Gasteiger charge is 2.13. The standard InChI is InChI=1S/C12H26N2OS/c1-4-7-14-11(12(13)15)6-9-16-8-5-10(2)3/h10-11,14H,4-9H2,1-3H3,(H2,13,15). The number of primary amides is 1. The third kappa shape index (κ3) is 9.04. The van der Waals surface area contributed by atoms with E-state index in [4.69, 9.17) is 5.73 Å². The van der Waals surface area contributed by atoms with E-state index in [9.17, 15) is 4.79 Å². The third-order valence-corrected chi connectivity index (χ3v) is 3.42. The van der Waals surface area contributed by atoms with Crippen LogP contribution in [0.3, 0.4) is 0 Å². The molecule has 0 radical (unpaired) electrons. The van der Waals surface area contributed by atoms with E-state index in [1.165, 1.54) is 12.2 Å². The molecule has 0 spiro atoms. The second-order valence-corrected chi connectivity index (χ2v) is 5.72. The first-order chi connectivity index (χ1) is 7.57. The number of hydrogen-bond acceptors (Lipinski definition) is 3. The average molecular weight is 246 g/mol. The van der Waals surface area contributed by atoms with Gasteiger partial charge >= 0.3 is 0 Å². The highest BCUT2D eigenvalue weighted by atomic mass is 32.2. The number of hydrogen-bond donors (Lipinski definition) is 2. The van der Waals surface area contributed by atoms with Crippen LogP contribution >= 0.6 is 11.8 Å². The molecule has 3 nitrogen and oxygen atoms in total. The molecule has 0 aromatic heterocycles. The number of rotatable bonds is 10. The zero-order valence-electron chi connectivity index (χ0n) is 10.8. The number of carbonyl (C=O) groups is 1. The van der Waals surface area contributed by atoms with Crippen LogP contribution in [0.4, 0.5) is 0 Å². The van der Waals surface area contributed by atoms with Crippen molar-refractivity contribution in [2.24, 2.45) is 11.7 Å². The average Bonchev–Trinajstić information content (AvgIpc) is 2.21. The topological polar surface area (TPSA) is 55.1 Å². The molecule has 0 rings (SSSR count). The fourth-order valence-corrected chi connectivity index (χ4v) is 2.53. The minimum atomic E-state index is -0.224. The molecule has 96 valence electrons. The molecule has 0 saturated carbocycles. The lowest BCUT2D eigenvalue weighted by Crippen LogP contribution is -2.42. The van der Waals surface area contributed by atoms with E-state index in [-0.39, 0.29) is 11.9 Å². The van der Waals surface area contributed by atoms with Gasteiger partial charge in [0.25, 0.3) is 0 Å². The molecule has 0 saturated heterocycles. The molecule has 0 aromatic rings. The Morgan fingerprint density at radius 3 is 2.44 bits per heavy atom. The van der Waals surface area contributed by atoms with Crippen molar-refractivity contribution in [2.45, 2.75) is 46.1 Å². The first kappa shape index (κ1) is 15.8. The van der Waals surface area contributed by atoms with Gasteiger partial charge in [0.15, 0.2) is 0 Å². The normalized spacial score (nSPS) is 13.0. The van der Waals surface area contributed by atoms with Gasteiger partial charge in [-0.3, -0.25) is 4.79 Å². The first-order valence-corrected chi connectivity index (χ1v) is 7.33. The fraction of sp³-hybridized carbons (Fsp3) is 0.917. The Morgan fingerprint density at radius 2 is 1.94 bits per heavy atom. The van der Waals surface area contributed by atoms with Gasteiger partial charge in [0, 0.05) is 0 Å². The summed E-state index contributed by atoms with van der Waals surface area (Å²) >= 11 is 1.91. The lowest BCUT2D eigenvalue weighted by atomic mass is 10.2. The second kappa shape index (κ2) is 9.97. The molecule has 0 aliphatic heterocycles. The van der Waals surface area contributed by atoms with Crippen LogP contribution in [0, 0.1) is 5.92 Å². The first-order valence-electron chi connectivity index (χ1n) is 6.18. The van der Waals surface area contributed by atoms with Gasteiger partial charge < -0.3 is 11.1 Å². The Kier molecular flexibility index (Phi) is 9.83. The molecule has 0 aliphatic carbocycles. The molecule has 0 heterocycles. The van der Waals surface area contributed by atoms with Crippen LogP contribution in [0.25, 0.3) is 0 Å². The fourth-order valence-electron chi connectivity index (χ4n) is 1.29. The Bertz CT molecular complexity index is 186. The van der Waals surface area contributed by atoms with Crippen LogP contribution in [0.2, 0.25) is 0 Å². The monoisotopic (exact) mass is 246 g/mol. The van der Waals surface area contributed by atoms with Gasteiger partial charge in [-0.25, -0.2) is 0 Å². The van der Waals surface area contributed by atoms with Crippen molar-refractivity contribution in [1.82, 2.24) is 5.32 Å². The summed E-state index contributed by atoms with van der Waals surface area (Å²) in [6.45, 7) is 7.41. The largest absolute Gasteiger partial charge is 0.368 e. The summed E-state index contributed by atoms with van der Waals surface area (Å²) in [6, 6.07) is -0.147. The van der Waals surface area contributed by atoms with Crippen molar-refractivity contribution in [3.63, 3.8) is 0 Å². The van der Waals surface area contributed by atoms with E-state index in [2.05, 4.69) is 26.1 Å². The summed E-state index contributed by atoms with van der Waals surface area (Å²) in [5.41, 5.74) is 5.33. The SMILES string of the molecule is CCCNC(CCSCCC(C)C)C(N)=O.